The summed E-state index contributed by atoms with van der Waals surface area (Å²) in [5.41, 5.74) is -7.54. The Bertz CT molecular complexity index is 1510. The first-order valence-corrected chi connectivity index (χ1v) is 15.4. The number of hydrogen-bond acceptors (Lipinski definition) is 7. The van der Waals surface area contributed by atoms with Crippen molar-refractivity contribution in [3.8, 4) is 0 Å². The van der Waals surface area contributed by atoms with Crippen molar-refractivity contribution in [2.45, 2.75) is 53.5 Å². The zero-order valence-corrected chi connectivity index (χ0v) is 25.3. The number of carbonyl (C=O) groups is 1. The second kappa shape index (κ2) is 12.8. The number of ether oxygens (including phenoxy) is 1. The van der Waals surface area contributed by atoms with Gasteiger partial charge >= 0.3 is 18.5 Å². The highest BCUT2D eigenvalue weighted by atomic mass is 32.2. The number of aliphatic hydroxyl groups is 1. The summed E-state index contributed by atoms with van der Waals surface area (Å²) < 4.78 is 166. The van der Waals surface area contributed by atoms with E-state index in [-0.39, 0.29) is 62.7 Å². The molecule has 47 heavy (non-hydrogen) atoms. The Kier molecular flexibility index (Phi) is 10.0. The normalized spacial score (nSPS) is 21.7. The van der Waals surface area contributed by atoms with E-state index in [9.17, 15) is 62.2 Å². The Morgan fingerprint density at radius 1 is 0.851 bits per heavy atom. The molecule has 0 spiro atoms. The van der Waals surface area contributed by atoms with Crippen LogP contribution in [0.3, 0.4) is 0 Å². The molecule has 4 rings (SSSR count). The number of sulfone groups is 1. The molecule has 19 heteroatoms. The van der Waals surface area contributed by atoms with Crippen molar-refractivity contribution in [1.29, 1.82) is 0 Å². The average molecular weight is 710 g/mol. The Balaban J connectivity index is 1.78. The Morgan fingerprint density at radius 3 is 1.85 bits per heavy atom. The fraction of sp³-hybridized carbons (Fsp3) is 0.536. The van der Waals surface area contributed by atoms with E-state index in [0.29, 0.717) is 12.1 Å². The van der Waals surface area contributed by atoms with Crippen molar-refractivity contribution < 1.29 is 67.0 Å². The molecule has 2 aromatic rings. The molecule has 2 aliphatic heterocycles. The lowest BCUT2D eigenvalue weighted by Crippen LogP contribution is -2.57. The number of piperazine rings is 1. The van der Waals surface area contributed by atoms with Gasteiger partial charge in [-0.15, -0.1) is 0 Å². The maximum atomic E-state index is 14.1. The average Bonchev–Trinajstić information content (AvgIpc) is 3.43. The van der Waals surface area contributed by atoms with Gasteiger partial charge in [0.1, 0.15) is 17.2 Å². The molecular weight excluding hydrogens is 680 g/mol. The van der Waals surface area contributed by atoms with Gasteiger partial charge in [-0.25, -0.2) is 12.8 Å². The van der Waals surface area contributed by atoms with Gasteiger partial charge in [0.25, 0.3) is 5.60 Å². The van der Waals surface area contributed by atoms with Crippen LogP contribution in [0.1, 0.15) is 24.5 Å². The van der Waals surface area contributed by atoms with Crippen molar-refractivity contribution in [3.63, 3.8) is 0 Å². The lowest BCUT2D eigenvalue weighted by molar-refractivity contribution is -0.400. The minimum atomic E-state index is -6.43. The number of nitrogens with zero attached hydrogens (tertiary/aromatic N) is 3. The molecule has 1 N–H and O–H groups in total. The molecule has 2 fully saturated rings. The highest BCUT2D eigenvalue weighted by molar-refractivity contribution is 7.92. The molecule has 0 aliphatic carbocycles. The van der Waals surface area contributed by atoms with E-state index in [1.807, 2.05) is 0 Å². The predicted molar refractivity (Wildman–Crippen MR) is 144 cm³/mol. The summed E-state index contributed by atoms with van der Waals surface area (Å²) in [6.45, 7) is -1.33. The molecule has 8 nitrogen and oxygen atoms in total. The number of aliphatic hydroxyl groups excluding tert-OH is 1. The lowest BCUT2D eigenvalue weighted by atomic mass is 9.88. The molecular formula is C28H29F10N3O5S. The molecule has 1 amide bonds. The van der Waals surface area contributed by atoms with Crippen LogP contribution in [0.2, 0.25) is 0 Å². The van der Waals surface area contributed by atoms with E-state index in [1.54, 1.807) is 4.90 Å². The predicted octanol–water partition coefficient (Wildman–Crippen LogP) is 4.54. The van der Waals surface area contributed by atoms with Crippen LogP contribution in [-0.4, -0.2) is 105 Å². The number of alkyl halides is 9. The van der Waals surface area contributed by atoms with Crippen LogP contribution in [-0.2, 0) is 29.7 Å². The maximum Gasteiger partial charge on any atom is 0.430 e. The molecule has 2 aromatic carbocycles. The van der Waals surface area contributed by atoms with Gasteiger partial charge in [0.05, 0.1) is 4.90 Å². The summed E-state index contributed by atoms with van der Waals surface area (Å²) in [6.07, 6.45) is -20.2. The van der Waals surface area contributed by atoms with Crippen LogP contribution < -0.4 is 0 Å². The monoisotopic (exact) mass is 709 g/mol. The summed E-state index contributed by atoms with van der Waals surface area (Å²) in [5.74, 6) is -0.998. The fourth-order valence-electron chi connectivity index (χ4n) is 5.89. The van der Waals surface area contributed by atoms with Crippen molar-refractivity contribution in [3.05, 3.63) is 65.5 Å². The molecule has 2 atom stereocenters. The van der Waals surface area contributed by atoms with Gasteiger partial charge in [0.15, 0.2) is 16.2 Å². The standard InChI is InChI=1S/C28H29F10N3O5S/c1-18(42)39-12-14-40(15-13-39)23(43)41-11-10-24(16-41,47(44,45)22-8-6-21(29)7-9-22)19-2-4-20(5-3-19)26(27(33,34)35,28(36,37)38)46-17-25(30,31)32/h2-9,23,43H,10-17H2,1H3. The fourth-order valence-corrected chi connectivity index (χ4v) is 7.98. The second-order valence-electron chi connectivity index (χ2n) is 11.2. The van der Waals surface area contributed by atoms with E-state index in [4.69, 9.17) is 0 Å². The van der Waals surface area contributed by atoms with Crippen LogP contribution >= 0.6 is 0 Å². The molecule has 2 heterocycles. The number of benzene rings is 2. The van der Waals surface area contributed by atoms with Crippen LogP contribution in [0.25, 0.3) is 0 Å². The third-order valence-electron chi connectivity index (χ3n) is 8.38. The van der Waals surface area contributed by atoms with Gasteiger partial charge in [0.2, 0.25) is 5.91 Å². The summed E-state index contributed by atoms with van der Waals surface area (Å²) in [6, 6.07) is 5.16. The van der Waals surface area contributed by atoms with E-state index in [0.717, 1.165) is 24.3 Å². The van der Waals surface area contributed by atoms with Crippen molar-refractivity contribution in [2.75, 3.05) is 45.9 Å². The zero-order chi connectivity index (χ0) is 35.2. The van der Waals surface area contributed by atoms with Crippen molar-refractivity contribution in [2.24, 2.45) is 0 Å². The van der Waals surface area contributed by atoms with Crippen LogP contribution in [0.5, 0.6) is 0 Å². The largest absolute Gasteiger partial charge is 0.430 e. The van der Waals surface area contributed by atoms with E-state index in [2.05, 4.69) is 4.74 Å². The topological polar surface area (TPSA) is 90.4 Å². The summed E-state index contributed by atoms with van der Waals surface area (Å²) in [4.78, 5) is 15.6. The minimum absolute atomic E-state index is 0.139. The number of carbonyl (C=O) groups excluding carboxylic acids is 1. The zero-order valence-electron chi connectivity index (χ0n) is 24.5. The first kappa shape index (κ1) is 36.8. The Hall–Kier alpha value is -3.00. The summed E-state index contributed by atoms with van der Waals surface area (Å²) in [5, 5.41) is 11.2. The number of halogens is 10. The maximum absolute atomic E-state index is 14.1. The summed E-state index contributed by atoms with van der Waals surface area (Å²) >= 11 is 0. The van der Waals surface area contributed by atoms with Gasteiger partial charge in [-0.2, -0.15) is 39.5 Å². The molecule has 0 aromatic heterocycles. The number of likely N-dealkylation sites (tertiary alicyclic amines) is 1. The van der Waals surface area contributed by atoms with Crippen molar-refractivity contribution in [1.82, 2.24) is 14.7 Å². The van der Waals surface area contributed by atoms with Gasteiger partial charge in [-0.05, 0) is 36.2 Å². The van der Waals surface area contributed by atoms with Gasteiger partial charge in [-0.1, -0.05) is 24.3 Å². The number of rotatable bonds is 8. The van der Waals surface area contributed by atoms with Gasteiger partial charge in [0, 0.05) is 51.8 Å². The third-order valence-corrected chi connectivity index (χ3v) is 10.9. The summed E-state index contributed by atoms with van der Waals surface area (Å²) in [7, 11) is -4.64. The van der Waals surface area contributed by atoms with Gasteiger partial charge in [-0.3, -0.25) is 14.6 Å². The Labute approximate surface area is 262 Å². The smallest absolute Gasteiger partial charge is 0.365 e. The van der Waals surface area contributed by atoms with E-state index in [1.165, 1.54) is 16.7 Å². The number of hydrogen-bond donors (Lipinski definition) is 1. The molecule has 0 radical (unpaired) electrons. The van der Waals surface area contributed by atoms with Crippen LogP contribution in [0.15, 0.2) is 53.4 Å². The molecule has 2 saturated heterocycles. The quantitative estimate of drug-likeness (QED) is 0.318. The first-order chi connectivity index (χ1) is 21.6. The first-order valence-electron chi connectivity index (χ1n) is 13.9. The second-order valence-corrected chi connectivity index (χ2v) is 13.5. The molecule has 0 bridgehead atoms. The Morgan fingerprint density at radius 2 is 1.38 bits per heavy atom. The third kappa shape index (κ3) is 6.95. The highest BCUT2D eigenvalue weighted by Gasteiger charge is 2.74. The van der Waals surface area contributed by atoms with E-state index < -0.39 is 74.5 Å². The molecule has 262 valence electrons. The van der Waals surface area contributed by atoms with Gasteiger partial charge < -0.3 is 14.7 Å². The molecule has 2 aliphatic rings. The number of amides is 1. The minimum Gasteiger partial charge on any atom is -0.365 e. The lowest BCUT2D eigenvalue weighted by Gasteiger charge is -2.40. The van der Waals surface area contributed by atoms with E-state index >= 15 is 0 Å². The molecule has 2 unspecified atom stereocenters. The molecule has 0 saturated carbocycles. The highest BCUT2D eigenvalue weighted by Crippen LogP contribution is 2.54. The van der Waals surface area contributed by atoms with Crippen molar-refractivity contribution >= 4 is 15.7 Å². The van der Waals surface area contributed by atoms with Crippen LogP contribution in [0.4, 0.5) is 43.9 Å². The SMILES string of the molecule is CC(=O)N1CCN(C(O)N2CCC(c3ccc(C(OCC(F)(F)F)(C(F)(F)F)C(F)(F)F)cc3)(S(=O)(=O)c3ccc(F)cc3)C2)CC1. The van der Waals surface area contributed by atoms with Crippen LogP contribution in [0, 0.1) is 5.82 Å².